The van der Waals surface area contributed by atoms with Crippen molar-refractivity contribution >= 4 is 23.2 Å². The molecule has 0 unspecified atom stereocenters. The molecule has 28 heavy (non-hydrogen) atoms. The first-order valence-corrected chi connectivity index (χ1v) is 8.91. The van der Waals surface area contributed by atoms with Gasteiger partial charge in [-0.15, -0.1) is 0 Å². The van der Waals surface area contributed by atoms with E-state index in [2.05, 4.69) is 15.6 Å². The van der Waals surface area contributed by atoms with Crippen molar-refractivity contribution in [2.45, 2.75) is 13.3 Å². The number of hydrogen-bond acceptors (Lipinski definition) is 4. The van der Waals surface area contributed by atoms with Crippen LogP contribution in [-0.2, 0) is 4.79 Å². The number of nitrogens with one attached hydrogen (secondary N) is 2. The van der Waals surface area contributed by atoms with E-state index in [1.807, 2.05) is 12.1 Å². The number of hydrogen-bond donors (Lipinski definition) is 2. The molecule has 0 bridgehead atoms. The Hall–Kier alpha value is -3.67. The number of nitrogens with zero attached hydrogens (tertiary/aromatic N) is 1. The molecule has 1 aromatic heterocycles. The van der Waals surface area contributed by atoms with Crippen LogP contribution in [0.15, 0.2) is 66.9 Å². The molecule has 0 spiro atoms. The SMILES string of the molecule is CCC(=O)Nc1cccnc1-c1ccc(C(=O)Nc2ccc(OC)cc2)cc1. The summed E-state index contributed by atoms with van der Waals surface area (Å²) in [5.41, 5.74) is 3.32. The summed E-state index contributed by atoms with van der Waals surface area (Å²) in [7, 11) is 1.59. The van der Waals surface area contributed by atoms with Gasteiger partial charge in [0.05, 0.1) is 18.5 Å². The molecule has 0 atom stereocenters. The summed E-state index contributed by atoms with van der Waals surface area (Å²) in [5.74, 6) is 0.436. The Morgan fingerprint density at radius 2 is 1.68 bits per heavy atom. The maximum atomic E-state index is 12.5. The smallest absolute Gasteiger partial charge is 0.255 e. The zero-order valence-corrected chi connectivity index (χ0v) is 15.7. The third-order valence-corrected chi connectivity index (χ3v) is 4.17. The average molecular weight is 375 g/mol. The van der Waals surface area contributed by atoms with Crippen molar-refractivity contribution in [3.8, 4) is 17.0 Å². The van der Waals surface area contributed by atoms with Gasteiger partial charge < -0.3 is 15.4 Å². The van der Waals surface area contributed by atoms with Gasteiger partial charge in [-0.1, -0.05) is 19.1 Å². The lowest BCUT2D eigenvalue weighted by Gasteiger charge is -2.10. The Balaban J connectivity index is 1.76. The molecule has 0 saturated heterocycles. The van der Waals surface area contributed by atoms with E-state index in [1.165, 1.54) is 0 Å². The van der Waals surface area contributed by atoms with Gasteiger partial charge in [0.25, 0.3) is 5.91 Å². The number of amides is 2. The lowest BCUT2D eigenvalue weighted by molar-refractivity contribution is -0.115. The summed E-state index contributed by atoms with van der Waals surface area (Å²) in [5, 5.41) is 5.69. The van der Waals surface area contributed by atoms with Crippen LogP contribution in [0.4, 0.5) is 11.4 Å². The highest BCUT2D eigenvalue weighted by Crippen LogP contribution is 2.26. The van der Waals surface area contributed by atoms with Crippen LogP contribution in [0.5, 0.6) is 5.75 Å². The highest BCUT2D eigenvalue weighted by Gasteiger charge is 2.11. The van der Waals surface area contributed by atoms with E-state index in [0.29, 0.717) is 29.1 Å². The highest BCUT2D eigenvalue weighted by atomic mass is 16.5. The second-order valence-electron chi connectivity index (χ2n) is 6.06. The molecule has 6 nitrogen and oxygen atoms in total. The van der Waals surface area contributed by atoms with Crippen molar-refractivity contribution in [2.75, 3.05) is 17.7 Å². The Bertz CT molecular complexity index is 967. The zero-order valence-electron chi connectivity index (χ0n) is 15.7. The fraction of sp³-hybridized carbons (Fsp3) is 0.136. The largest absolute Gasteiger partial charge is 0.497 e. The van der Waals surface area contributed by atoms with E-state index in [1.54, 1.807) is 68.8 Å². The van der Waals surface area contributed by atoms with Crippen LogP contribution < -0.4 is 15.4 Å². The maximum absolute atomic E-state index is 12.5. The van der Waals surface area contributed by atoms with Crippen LogP contribution in [0.3, 0.4) is 0 Å². The topological polar surface area (TPSA) is 80.3 Å². The monoisotopic (exact) mass is 375 g/mol. The third kappa shape index (κ3) is 4.54. The van der Waals surface area contributed by atoms with Gasteiger partial charge in [0.1, 0.15) is 5.75 Å². The molecule has 0 aliphatic carbocycles. The maximum Gasteiger partial charge on any atom is 0.255 e. The lowest BCUT2D eigenvalue weighted by Crippen LogP contribution is -2.12. The normalized spacial score (nSPS) is 10.2. The highest BCUT2D eigenvalue weighted by molar-refractivity contribution is 6.04. The molecule has 3 rings (SSSR count). The second-order valence-corrected chi connectivity index (χ2v) is 6.06. The minimum absolute atomic E-state index is 0.0789. The molecule has 6 heteroatoms. The van der Waals surface area contributed by atoms with Crippen LogP contribution in [-0.4, -0.2) is 23.9 Å². The fourth-order valence-electron chi connectivity index (χ4n) is 2.63. The molecule has 0 aliphatic rings. The first-order chi connectivity index (χ1) is 13.6. The van der Waals surface area contributed by atoms with Gasteiger partial charge in [-0.3, -0.25) is 14.6 Å². The number of benzene rings is 2. The molecule has 0 saturated carbocycles. The van der Waals surface area contributed by atoms with Gasteiger partial charge >= 0.3 is 0 Å². The molecule has 3 aromatic rings. The number of aromatic nitrogens is 1. The van der Waals surface area contributed by atoms with Crippen molar-refractivity contribution in [1.82, 2.24) is 4.98 Å². The van der Waals surface area contributed by atoms with Crippen LogP contribution in [0.1, 0.15) is 23.7 Å². The molecule has 2 aromatic carbocycles. The number of methoxy groups -OCH3 is 1. The van der Waals surface area contributed by atoms with Gasteiger partial charge in [-0.25, -0.2) is 0 Å². The van der Waals surface area contributed by atoms with Crippen molar-refractivity contribution in [3.05, 3.63) is 72.4 Å². The minimum atomic E-state index is -0.211. The summed E-state index contributed by atoms with van der Waals surface area (Å²) in [6.07, 6.45) is 2.06. The summed E-state index contributed by atoms with van der Waals surface area (Å²) in [6, 6.07) is 17.8. The van der Waals surface area contributed by atoms with Gasteiger partial charge in [0.15, 0.2) is 0 Å². The van der Waals surface area contributed by atoms with Crippen LogP contribution >= 0.6 is 0 Å². The predicted molar refractivity (Wildman–Crippen MR) is 110 cm³/mol. The molecule has 0 radical (unpaired) electrons. The summed E-state index contributed by atoms with van der Waals surface area (Å²) < 4.78 is 5.11. The summed E-state index contributed by atoms with van der Waals surface area (Å²) >= 11 is 0. The number of ether oxygens (including phenoxy) is 1. The van der Waals surface area contributed by atoms with Gasteiger partial charge in [-0.2, -0.15) is 0 Å². The quantitative estimate of drug-likeness (QED) is 0.671. The first kappa shape index (κ1) is 19.1. The Kier molecular flexibility index (Phi) is 6.01. The molecule has 2 amide bonds. The summed E-state index contributed by atoms with van der Waals surface area (Å²) in [4.78, 5) is 28.5. The molecule has 0 aliphatic heterocycles. The van der Waals surface area contributed by atoms with Crippen LogP contribution in [0.25, 0.3) is 11.3 Å². The second kappa shape index (κ2) is 8.81. The van der Waals surface area contributed by atoms with E-state index in [4.69, 9.17) is 4.74 Å². The molecule has 0 fully saturated rings. The van der Waals surface area contributed by atoms with Crippen LogP contribution in [0, 0.1) is 0 Å². The van der Waals surface area contributed by atoms with E-state index >= 15 is 0 Å². The van der Waals surface area contributed by atoms with E-state index < -0.39 is 0 Å². The number of carbonyl (C=O) groups is 2. The van der Waals surface area contributed by atoms with E-state index in [-0.39, 0.29) is 11.8 Å². The standard InChI is InChI=1S/C22H21N3O3/c1-3-20(26)25-19-5-4-14-23-21(19)15-6-8-16(9-7-15)22(27)24-17-10-12-18(28-2)13-11-17/h4-14H,3H2,1-2H3,(H,24,27)(H,25,26). The molecule has 142 valence electrons. The minimum Gasteiger partial charge on any atom is -0.497 e. The molecular weight excluding hydrogens is 354 g/mol. The van der Waals surface area contributed by atoms with Gasteiger partial charge in [0.2, 0.25) is 5.91 Å². The lowest BCUT2D eigenvalue weighted by atomic mass is 10.1. The van der Waals surface area contributed by atoms with E-state index in [9.17, 15) is 9.59 Å². The van der Waals surface area contributed by atoms with Gasteiger partial charge in [-0.05, 0) is 48.5 Å². The fourth-order valence-corrected chi connectivity index (χ4v) is 2.63. The number of pyridine rings is 1. The van der Waals surface area contributed by atoms with Crippen molar-refractivity contribution in [3.63, 3.8) is 0 Å². The van der Waals surface area contributed by atoms with Crippen molar-refractivity contribution in [2.24, 2.45) is 0 Å². The molecule has 2 N–H and O–H groups in total. The van der Waals surface area contributed by atoms with Crippen molar-refractivity contribution in [1.29, 1.82) is 0 Å². The number of rotatable bonds is 6. The summed E-state index contributed by atoms with van der Waals surface area (Å²) in [6.45, 7) is 1.79. The van der Waals surface area contributed by atoms with Gasteiger partial charge in [0, 0.05) is 29.4 Å². The first-order valence-electron chi connectivity index (χ1n) is 8.91. The Morgan fingerprint density at radius 3 is 2.32 bits per heavy atom. The van der Waals surface area contributed by atoms with E-state index in [0.717, 1.165) is 11.3 Å². The molecule has 1 heterocycles. The van der Waals surface area contributed by atoms with Crippen molar-refractivity contribution < 1.29 is 14.3 Å². The number of carbonyl (C=O) groups excluding carboxylic acids is 2. The van der Waals surface area contributed by atoms with Crippen LogP contribution in [0.2, 0.25) is 0 Å². The Morgan fingerprint density at radius 1 is 0.964 bits per heavy atom. The zero-order chi connectivity index (χ0) is 19.9. The number of anilines is 2. The Labute approximate surface area is 163 Å². The third-order valence-electron chi connectivity index (χ3n) is 4.17. The molecular formula is C22H21N3O3. The predicted octanol–water partition coefficient (Wildman–Crippen LogP) is 4.36. The average Bonchev–Trinajstić information content (AvgIpc) is 2.74.